The van der Waals surface area contributed by atoms with Crippen LogP contribution in [0, 0.1) is 29.1 Å². The molecule has 2 bridgehead atoms. The maximum Gasteiger partial charge on any atom is 0.240 e. The van der Waals surface area contributed by atoms with Crippen molar-refractivity contribution in [2.24, 2.45) is 29.1 Å². The average molecular weight is 523 g/mol. The molecule has 1 aliphatic heterocycles. The molecule has 0 radical (unpaired) electrons. The second-order valence-corrected chi connectivity index (χ2v) is 12.1. The Bertz CT molecular complexity index is 1140. The molecular weight excluding hydrogens is 480 g/mol. The molecule has 7 nitrogen and oxygen atoms in total. The van der Waals surface area contributed by atoms with E-state index in [-0.39, 0.29) is 25.1 Å². The van der Waals surface area contributed by atoms with E-state index in [2.05, 4.69) is 26.1 Å². The molecule has 3 N–H and O–H groups in total. The fourth-order valence-corrected chi connectivity index (χ4v) is 7.45. The van der Waals surface area contributed by atoms with Gasteiger partial charge >= 0.3 is 0 Å². The first-order valence-corrected chi connectivity index (χ1v) is 13.9. The van der Waals surface area contributed by atoms with Crippen molar-refractivity contribution >= 4 is 5.91 Å². The number of ether oxygens (including phenoxy) is 1. The smallest absolute Gasteiger partial charge is 0.240 e. The summed E-state index contributed by atoms with van der Waals surface area (Å²) in [6, 6.07) is 15.3. The molecule has 3 aliphatic carbocycles. The van der Waals surface area contributed by atoms with Gasteiger partial charge in [0, 0.05) is 23.1 Å². The molecule has 1 saturated heterocycles. The van der Waals surface area contributed by atoms with Crippen molar-refractivity contribution in [1.29, 1.82) is 0 Å². The van der Waals surface area contributed by atoms with E-state index in [9.17, 15) is 15.0 Å². The lowest BCUT2D eigenvalue weighted by atomic mass is 9.45. The number of rotatable bonds is 8. The molecule has 2 aromatic rings. The normalized spacial score (nSPS) is 32.9. The first-order chi connectivity index (χ1) is 18.2. The largest absolute Gasteiger partial charge is 0.496 e. The van der Waals surface area contributed by atoms with Crippen molar-refractivity contribution in [1.82, 2.24) is 10.4 Å². The minimum Gasteiger partial charge on any atom is -0.496 e. The number of fused-ring (bicyclic) bond motifs is 2. The van der Waals surface area contributed by atoms with Crippen LogP contribution in [-0.4, -0.2) is 59.2 Å². The van der Waals surface area contributed by atoms with Crippen LogP contribution in [0.3, 0.4) is 0 Å². The number of methoxy groups -OCH3 is 1. The number of hydrogen-bond donors (Lipinski definition) is 3. The minimum atomic E-state index is -0.832. The van der Waals surface area contributed by atoms with E-state index in [4.69, 9.17) is 9.57 Å². The molecule has 206 valence electrons. The number of nitrogens with zero attached hydrogens (tertiary/aromatic N) is 1. The lowest BCUT2D eigenvalue weighted by Gasteiger charge is -2.62. The maximum atomic E-state index is 13.9. The van der Waals surface area contributed by atoms with Crippen molar-refractivity contribution < 1.29 is 24.6 Å². The maximum absolute atomic E-state index is 13.9. The topological polar surface area (TPSA) is 91.3 Å². The number of hydrogen-bond acceptors (Lipinski definition) is 6. The van der Waals surface area contributed by atoms with Gasteiger partial charge in [-0.2, -0.15) is 5.06 Å². The van der Waals surface area contributed by atoms with Crippen LogP contribution in [0.2, 0.25) is 0 Å². The van der Waals surface area contributed by atoms with Gasteiger partial charge in [0.25, 0.3) is 0 Å². The molecule has 1 amide bonds. The fraction of sp³-hybridized carbons (Fsp3) is 0.581. The minimum absolute atomic E-state index is 0.0971. The molecule has 8 atom stereocenters. The Balaban J connectivity index is 1.41. The summed E-state index contributed by atoms with van der Waals surface area (Å²) in [7, 11) is 1.65. The number of aliphatic hydroxyl groups is 2. The summed E-state index contributed by atoms with van der Waals surface area (Å²) in [4.78, 5) is 20.1. The number of benzene rings is 2. The number of para-hydroxylation sites is 1. The summed E-state index contributed by atoms with van der Waals surface area (Å²) >= 11 is 0. The number of nitrogens with one attached hydrogen (secondary N) is 1. The number of carbonyl (C=O) groups excluding carboxylic acids is 1. The number of carbonyl (C=O) groups is 1. The quantitative estimate of drug-likeness (QED) is 0.485. The van der Waals surface area contributed by atoms with Crippen LogP contribution in [0.4, 0.5) is 0 Å². The van der Waals surface area contributed by atoms with E-state index in [0.29, 0.717) is 28.9 Å². The van der Waals surface area contributed by atoms with Crippen molar-refractivity contribution in [3.05, 3.63) is 54.1 Å². The van der Waals surface area contributed by atoms with Gasteiger partial charge in [0.1, 0.15) is 17.9 Å². The summed E-state index contributed by atoms with van der Waals surface area (Å²) in [5, 5.41) is 25.8. The van der Waals surface area contributed by atoms with Gasteiger partial charge in [-0.1, -0.05) is 69.3 Å². The Morgan fingerprint density at radius 1 is 1.18 bits per heavy atom. The van der Waals surface area contributed by atoms with E-state index in [1.807, 2.05) is 48.5 Å². The number of aliphatic hydroxyl groups excluding tert-OH is 2. The summed E-state index contributed by atoms with van der Waals surface area (Å²) in [5.74, 6) is 1.61. The Hall–Kier alpha value is -2.45. The zero-order valence-electron chi connectivity index (χ0n) is 23.1. The van der Waals surface area contributed by atoms with Crippen LogP contribution in [-0.2, 0) is 16.2 Å². The molecule has 6 rings (SSSR count). The Morgan fingerprint density at radius 2 is 1.92 bits per heavy atom. The van der Waals surface area contributed by atoms with Gasteiger partial charge in [0.2, 0.25) is 5.91 Å². The Kier molecular flexibility index (Phi) is 7.57. The zero-order valence-corrected chi connectivity index (χ0v) is 23.1. The van der Waals surface area contributed by atoms with Gasteiger partial charge < -0.3 is 20.3 Å². The van der Waals surface area contributed by atoms with Crippen LogP contribution in [0.1, 0.15) is 46.1 Å². The molecule has 4 fully saturated rings. The Labute approximate surface area is 226 Å². The third-order valence-corrected chi connectivity index (χ3v) is 9.77. The lowest BCUT2D eigenvalue weighted by molar-refractivity contribution is -0.183. The summed E-state index contributed by atoms with van der Waals surface area (Å²) in [6.45, 7) is 8.60. The van der Waals surface area contributed by atoms with Gasteiger partial charge in [0.05, 0.1) is 26.4 Å². The lowest BCUT2D eigenvalue weighted by Crippen LogP contribution is -2.62. The first kappa shape index (κ1) is 27.1. The fourth-order valence-electron chi connectivity index (χ4n) is 7.45. The van der Waals surface area contributed by atoms with Gasteiger partial charge in [-0.05, 0) is 48.5 Å². The molecule has 0 aromatic heterocycles. The van der Waals surface area contributed by atoms with Crippen molar-refractivity contribution in [3.63, 3.8) is 0 Å². The molecule has 1 unspecified atom stereocenters. The van der Waals surface area contributed by atoms with E-state index in [1.54, 1.807) is 19.1 Å². The van der Waals surface area contributed by atoms with Gasteiger partial charge in [-0.15, -0.1) is 0 Å². The van der Waals surface area contributed by atoms with Crippen molar-refractivity contribution in [2.75, 3.05) is 13.7 Å². The third-order valence-electron chi connectivity index (χ3n) is 9.77. The van der Waals surface area contributed by atoms with Crippen molar-refractivity contribution in [3.8, 4) is 16.9 Å². The van der Waals surface area contributed by atoms with E-state index < -0.39 is 24.2 Å². The second-order valence-electron chi connectivity index (χ2n) is 12.1. The van der Waals surface area contributed by atoms with Gasteiger partial charge in [-0.25, -0.2) is 0 Å². The van der Waals surface area contributed by atoms with Crippen LogP contribution >= 0.6 is 0 Å². The summed E-state index contributed by atoms with van der Waals surface area (Å²) < 4.78 is 5.85. The van der Waals surface area contributed by atoms with Crippen LogP contribution in [0.5, 0.6) is 5.75 Å². The SMILES string of the molecule is COc1c(CN2O[C@@H](CO)[C@H]([C@H](C)O)C2C(=O)N[C@H]2C[C@H]3C[C@@H]([C@@H]2C)C3(C)C)cccc1-c1ccccc1. The van der Waals surface area contributed by atoms with Crippen LogP contribution in [0.15, 0.2) is 48.5 Å². The standard InChI is InChI=1S/C31H42N2O5/c1-18-24-14-22(31(24,3)4)15-25(18)32-30(36)28-27(19(2)35)26(17-34)38-33(28)16-21-12-9-13-23(29(21)37-5)20-10-7-6-8-11-20/h6-13,18-19,22,24-28,34-35H,14-17H2,1-5H3,(H,32,36)/t18-,19-,22+,24-,25-,26-,27-,28?/m0/s1. The van der Waals surface area contributed by atoms with E-state index in [0.717, 1.165) is 23.1 Å². The molecule has 0 spiro atoms. The van der Waals surface area contributed by atoms with Crippen molar-refractivity contribution in [2.45, 2.75) is 71.4 Å². The summed E-state index contributed by atoms with van der Waals surface area (Å²) in [5.41, 5.74) is 3.18. The highest BCUT2D eigenvalue weighted by molar-refractivity contribution is 5.83. The molecule has 4 aliphatic rings. The third kappa shape index (κ3) is 4.64. The zero-order chi connectivity index (χ0) is 27.2. The molecule has 2 aromatic carbocycles. The summed E-state index contributed by atoms with van der Waals surface area (Å²) in [6.07, 6.45) is 0.700. The van der Waals surface area contributed by atoms with Gasteiger partial charge in [-0.3, -0.25) is 9.63 Å². The van der Waals surface area contributed by atoms with Gasteiger partial charge in [0.15, 0.2) is 0 Å². The second kappa shape index (κ2) is 10.6. The predicted molar refractivity (Wildman–Crippen MR) is 146 cm³/mol. The first-order valence-electron chi connectivity index (χ1n) is 13.9. The molecule has 38 heavy (non-hydrogen) atoms. The van der Waals surface area contributed by atoms with E-state index in [1.165, 1.54) is 6.42 Å². The van der Waals surface area contributed by atoms with E-state index >= 15 is 0 Å². The molecule has 1 heterocycles. The Morgan fingerprint density at radius 3 is 2.53 bits per heavy atom. The van der Waals surface area contributed by atoms with Crippen LogP contribution in [0.25, 0.3) is 11.1 Å². The monoisotopic (exact) mass is 522 g/mol. The van der Waals surface area contributed by atoms with Crippen LogP contribution < -0.4 is 10.1 Å². The highest BCUT2D eigenvalue weighted by Crippen LogP contribution is 2.61. The molecular formula is C31H42N2O5. The highest BCUT2D eigenvalue weighted by Gasteiger charge is 2.57. The number of amides is 1. The molecule has 3 saturated carbocycles. The molecule has 7 heteroatoms. The average Bonchev–Trinajstić information content (AvgIpc) is 3.28. The highest BCUT2D eigenvalue weighted by atomic mass is 16.7. The number of hydroxylamine groups is 2. The predicted octanol–water partition coefficient (Wildman–Crippen LogP) is 4.02.